The van der Waals surface area contributed by atoms with Crippen molar-refractivity contribution in [3.05, 3.63) is 89.5 Å². The van der Waals surface area contributed by atoms with Crippen molar-refractivity contribution in [2.45, 2.75) is 58.0 Å². The lowest BCUT2D eigenvalue weighted by molar-refractivity contribution is -0.139. The minimum absolute atomic E-state index is 0.149. The zero-order chi connectivity index (χ0) is 28.6. The summed E-state index contributed by atoms with van der Waals surface area (Å²) in [5.41, 5.74) is 2.82. The maximum Gasteiger partial charge on any atom is 0.416 e. The molecular weight excluding hydrogens is 501 g/mol. The van der Waals surface area contributed by atoms with Gasteiger partial charge >= 0.3 is 12.1 Å². The molecule has 0 spiro atoms. The number of alkyl halides is 3. The SMILES string of the molecule is CC(C)C[C@@H](C(=O)O)c1cc(NCCC(C)CC(C#N)c2ccccc2)cc(-c2ccc(C(F)(F)F)cc2)c1. The largest absolute Gasteiger partial charge is 0.481 e. The van der Waals surface area contributed by atoms with Crippen LogP contribution >= 0.6 is 0 Å². The van der Waals surface area contributed by atoms with E-state index in [2.05, 4.69) is 18.3 Å². The fourth-order valence-electron chi connectivity index (χ4n) is 4.76. The van der Waals surface area contributed by atoms with Crippen LogP contribution in [-0.2, 0) is 11.0 Å². The predicted molar refractivity (Wildman–Crippen MR) is 148 cm³/mol. The van der Waals surface area contributed by atoms with Gasteiger partial charge < -0.3 is 10.4 Å². The molecule has 0 radical (unpaired) electrons. The van der Waals surface area contributed by atoms with Crippen molar-refractivity contribution in [2.75, 3.05) is 11.9 Å². The molecule has 2 unspecified atom stereocenters. The van der Waals surface area contributed by atoms with Gasteiger partial charge in [-0.2, -0.15) is 18.4 Å². The summed E-state index contributed by atoms with van der Waals surface area (Å²) < 4.78 is 39.2. The van der Waals surface area contributed by atoms with E-state index >= 15 is 0 Å². The number of rotatable bonds is 12. The van der Waals surface area contributed by atoms with Gasteiger partial charge in [0.15, 0.2) is 0 Å². The summed E-state index contributed by atoms with van der Waals surface area (Å²) in [5.74, 6) is -1.45. The Morgan fingerprint density at radius 2 is 1.59 bits per heavy atom. The van der Waals surface area contributed by atoms with Gasteiger partial charge in [-0.15, -0.1) is 0 Å². The molecule has 0 amide bonds. The lowest BCUT2D eigenvalue weighted by Crippen LogP contribution is -2.15. The number of hydrogen-bond acceptors (Lipinski definition) is 3. The van der Waals surface area contributed by atoms with E-state index in [9.17, 15) is 28.3 Å². The number of carboxylic acids is 1. The quantitative estimate of drug-likeness (QED) is 0.243. The first-order valence-electron chi connectivity index (χ1n) is 13.2. The Kier molecular flexibility index (Phi) is 10.2. The van der Waals surface area contributed by atoms with Gasteiger partial charge in [-0.3, -0.25) is 4.79 Å². The molecule has 0 heterocycles. The first-order chi connectivity index (χ1) is 18.5. The molecule has 0 aliphatic carbocycles. The smallest absolute Gasteiger partial charge is 0.416 e. The number of hydrogen-bond donors (Lipinski definition) is 2. The molecule has 0 fully saturated rings. The minimum atomic E-state index is -4.43. The van der Waals surface area contributed by atoms with Gasteiger partial charge in [-0.1, -0.05) is 69.3 Å². The fourth-order valence-corrected chi connectivity index (χ4v) is 4.76. The summed E-state index contributed by atoms with van der Waals surface area (Å²) in [7, 11) is 0. The molecular formula is C32H35F3N2O2. The Morgan fingerprint density at radius 1 is 0.923 bits per heavy atom. The maximum absolute atomic E-state index is 13.1. The van der Waals surface area contributed by atoms with Crippen LogP contribution in [0.15, 0.2) is 72.8 Å². The lowest BCUT2D eigenvalue weighted by atomic mass is 9.88. The number of carbonyl (C=O) groups is 1. The van der Waals surface area contributed by atoms with Crippen LogP contribution < -0.4 is 5.32 Å². The summed E-state index contributed by atoms with van der Waals surface area (Å²) in [6, 6.07) is 22.4. The first-order valence-corrected chi connectivity index (χ1v) is 13.2. The van der Waals surface area contributed by atoms with Gasteiger partial charge in [0.05, 0.1) is 23.5 Å². The number of carboxylic acid groups (broad SMARTS) is 1. The van der Waals surface area contributed by atoms with Crippen LogP contribution in [0.2, 0.25) is 0 Å². The van der Waals surface area contributed by atoms with Crippen LogP contribution in [0.25, 0.3) is 11.1 Å². The summed E-state index contributed by atoms with van der Waals surface area (Å²) in [6.07, 6.45) is -2.48. The van der Waals surface area contributed by atoms with Crippen molar-refractivity contribution in [3.63, 3.8) is 0 Å². The van der Waals surface area contributed by atoms with Gasteiger partial charge in [-0.05, 0) is 77.6 Å². The third kappa shape index (κ3) is 8.61. The van der Waals surface area contributed by atoms with Gasteiger partial charge in [0, 0.05) is 12.2 Å². The third-order valence-electron chi connectivity index (χ3n) is 6.87. The Labute approximate surface area is 228 Å². The highest BCUT2D eigenvalue weighted by Gasteiger charge is 2.30. The second-order valence-corrected chi connectivity index (χ2v) is 10.6. The summed E-state index contributed by atoms with van der Waals surface area (Å²) in [5, 5.41) is 23.0. The Hall–Kier alpha value is -3.79. The number of halogens is 3. The molecule has 3 rings (SSSR count). The minimum Gasteiger partial charge on any atom is -0.481 e. The Balaban J connectivity index is 1.81. The van der Waals surface area contributed by atoms with Gasteiger partial charge in [0.2, 0.25) is 0 Å². The molecule has 3 aromatic rings. The standard InChI is InChI=1S/C32H35F3N2O2/c1-21(2)15-30(31(38)39)26-17-25(24-9-11-28(12-10-24)32(33,34)35)18-29(19-26)37-14-13-22(3)16-27(20-36)23-7-5-4-6-8-23/h4-12,17-19,21-22,27,30,37H,13-16H2,1-3H3,(H,38,39)/t22?,27?,30-/m1/s1. The molecule has 0 aliphatic rings. The highest BCUT2D eigenvalue weighted by molar-refractivity contribution is 5.79. The topological polar surface area (TPSA) is 73.1 Å². The second kappa shape index (κ2) is 13.3. The molecule has 2 N–H and O–H groups in total. The van der Waals surface area contributed by atoms with E-state index in [0.717, 1.165) is 24.1 Å². The molecule has 7 heteroatoms. The summed E-state index contributed by atoms with van der Waals surface area (Å²) in [6.45, 7) is 6.62. The van der Waals surface area contributed by atoms with Crippen LogP contribution in [-0.4, -0.2) is 17.6 Å². The van der Waals surface area contributed by atoms with Crippen LogP contribution in [0.4, 0.5) is 18.9 Å². The van der Waals surface area contributed by atoms with E-state index < -0.39 is 23.6 Å². The molecule has 0 saturated heterocycles. The highest BCUT2D eigenvalue weighted by atomic mass is 19.4. The zero-order valence-electron chi connectivity index (χ0n) is 22.5. The molecule has 0 saturated carbocycles. The monoisotopic (exact) mass is 536 g/mol. The fraction of sp³-hybridized carbons (Fsp3) is 0.375. The summed E-state index contributed by atoms with van der Waals surface area (Å²) in [4.78, 5) is 12.1. The number of nitrogens with one attached hydrogen (secondary N) is 1. The maximum atomic E-state index is 13.1. The van der Waals surface area contributed by atoms with Crippen LogP contribution in [0.5, 0.6) is 0 Å². The average Bonchev–Trinajstić information content (AvgIpc) is 2.90. The molecule has 3 atom stereocenters. The molecule has 3 aromatic carbocycles. The van der Waals surface area contributed by atoms with E-state index in [4.69, 9.17) is 0 Å². The van der Waals surface area contributed by atoms with Crippen molar-refractivity contribution in [1.29, 1.82) is 5.26 Å². The molecule has 4 nitrogen and oxygen atoms in total. The highest BCUT2D eigenvalue weighted by Crippen LogP contribution is 2.34. The lowest BCUT2D eigenvalue weighted by Gasteiger charge is -2.20. The average molecular weight is 537 g/mol. The van der Waals surface area contributed by atoms with Gasteiger partial charge in [0.1, 0.15) is 0 Å². The molecule has 206 valence electrons. The van der Waals surface area contributed by atoms with Crippen molar-refractivity contribution < 1.29 is 23.1 Å². The Morgan fingerprint density at radius 3 is 2.15 bits per heavy atom. The van der Waals surface area contributed by atoms with Crippen LogP contribution in [0.3, 0.4) is 0 Å². The van der Waals surface area contributed by atoms with Crippen molar-refractivity contribution in [3.8, 4) is 17.2 Å². The van der Waals surface area contributed by atoms with E-state index in [-0.39, 0.29) is 17.8 Å². The Bertz CT molecular complexity index is 1270. The molecule has 0 aromatic heterocycles. The van der Waals surface area contributed by atoms with Crippen molar-refractivity contribution in [1.82, 2.24) is 0 Å². The molecule has 39 heavy (non-hydrogen) atoms. The van der Waals surface area contributed by atoms with E-state index in [1.807, 2.05) is 56.3 Å². The van der Waals surface area contributed by atoms with Gasteiger partial charge in [-0.25, -0.2) is 0 Å². The van der Waals surface area contributed by atoms with Crippen molar-refractivity contribution >= 4 is 11.7 Å². The van der Waals surface area contributed by atoms with Crippen molar-refractivity contribution in [2.24, 2.45) is 11.8 Å². The normalized spacial score (nSPS) is 13.9. The van der Waals surface area contributed by atoms with Crippen LogP contribution in [0.1, 0.15) is 68.6 Å². The van der Waals surface area contributed by atoms with Gasteiger partial charge in [0.25, 0.3) is 0 Å². The first kappa shape index (κ1) is 29.8. The summed E-state index contributed by atoms with van der Waals surface area (Å²) >= 11 is 0. The van der Waals surface area contributed by atoms with Crippen LogP contribution in [0, 0.1) is 23.2 Å². The number of benzene rings is 3. The zero-order valence-corrected chi connectivity index (χ0v) is 22.5. The second-order valence-electron chi connectivity index (χ2n) is 10.6. The number of aliphatic carboxylic acids is 1. The van der Waals surface area contributed by atoms with E-state index in [0.29, 0.717) is 41.8 Å². The predicted octanol–water partition coefficient (Wildman–Crippen LogP) is 8.72. The van der Waals surface area contributed by atoms with E-state index in [1.54, 1.807) is 6.07 Å². The molecule has 0 aliphatic heterocycles. The number of anilines is 1. The van der Waals surface area contributed by atoms with E-state index in [1.165, 1.54) is 12.1 Å². The third-order valence-corrected chi connectivity index (χ3v) is 6.87. The number of nitrogens with zero attached hydrogens (tertiary/aromatic N) is 1. The number of nitriles is 1. The molecule has 0 bridgehead atoms.